The van der Waals surface area contributed by atoms with Gasteiger partial charge >= 0.3 is 26.2 Å². The van der Waals surface area contributed by atoms with Crippen LogP contribution in [-0.2, 0) is 47.9 Å². The summed E-state index contributed by atoms with van der Waals surface area (Å²) in [6.07, 6.45) is 3.45. The van der Waals surface area contributed by atoms with Gasteiger partial charge in [0.2, 0.25) is 0 Å². The molecule has 0 saturated carbocycles. The van der Waals surface area contributed by atoms with Crippen LogP contribution in [0.2, 0.25) is 0 Å². The second kappa shape index (κ2) is 13.4. The van der Waals surface area contributed by atoms with E-state index in [1.54, 1.807) is 12.4 Å². The summed E-state index contributed by atoms with van der Waals surface area (Å²) in [7, 11) is 0. The molecule has 0 fully saturated rings. The van der Waals surface area contributed by atoms with E-state index in [0.29, 0.717) is 22.5 Å². The predicted molar refractivity (Wildman–Crippen MR) is 178 cm³/mol. The number of phenols is 2. The van der Waals surface area contributed by atoms with E-state index in [2.05, 4.69) is 95.2 Å². The van der Waals surface area contributed by atoms with E-state index in [1.165, 1.54) is 0 Å². The van der Waals surface area contributed by atoms with Crippen molar-refractivity contribution < 1.29 is 36.4 Å². The van der Waals surface area contributed by atoms with E-state index in [0.717, 1.165) is 22.3 Å². The molecule has 0 aliphatic rings. The topological polar surface area (TPSA) is 65.2 Å². The Bertz CT molecular complexity index is 1330. The molecule has 0 aliphatic heterocycles. The van der Waals surface area contributed by atoms with Crippen molar-refractivity contribution in [1.29, 1.82) is 0 Å². The number of para-hydroxylation sites is 2. The zero-order chi connectivity index (χ0) is 30.3. The van der Waals surface area contributed by atoms with Gasteiger partial charge in [0.1, 0.15) is 11.5 Å². The minimum absolute atomic E-state index is 0. The fourth-order valence-corrected chi connectivity index (χ4v) is 4.48. The Morgan fingerprint density at radius 1 is 0.524 bits per heavy atom. The molecular formula is C37H51N2O2Zr+. The first-order valence-corrected chi connectivity index (χ1v) is 14.1. The Balaban J connectivity index is 0.00000441. The molecule has 3 rings (SSSR count). The third-order valence-electron chi connectivity index (χ3n) is 7.19. The molecule has 3 aromatic carbocycles. The quantitative estimate of drug-likeness (QED) is 0.219. The summed E-state index contributed by atoms with van der Waals surface area (Å²) in [5.74, 6) is 0.507. The molecule has 224 valence electrons. The van der Waals surface area contributed by atoms with Crippen molar-refractivity contribution in [3.63, 3.8) is 0 Å². The normalized spacial score (nSPS) is 12.9. The summed E-state index contributed by atoms with van der Waals surface area (Å²) in [4.78, 5) is 9.54. The van der Waals surface area contributed by atoms with Crippen LogP contribution < -0.4 is 0 Å². The molecule has 0 aromatic heterocycles. The van der Waals surface area contributed by atoms with Crippen LogP contribution in [0, 0.1) is 7.43 Å². The third kappa shape index (κ3) is 8.99. The minimum atomic E-state index is -0.217. The van der Waals surface area contributed by atoms with Crippen LogP contribution in [0.4, 0.5) is 11.4 Å². The Hall–Kier alpha value is -2.52. The summed E-state index contributed by atoms with van der Waals surface area (Å²) in [6.45, 7) is 25.7. The fraction of sp³-hybridized carbons (Fsp3) is 0.432. The monoisotopic (exact) mass is 645 g/mol. The molecule has 0 radical (unpaired) electrons. The molecule has 0 spiro atoms. The number of phenolic OH excluding ortho intramolecular Hbond substituents is 2. The van der Waals surface area contributed by atoms with Crippen molar-refractivity contribution in [2.75, 3.05) is 0 Å². The van der Waals surface area contributed by atoms with Gasteiger partial charge in [-0.2, -0.15) is 0 Å². The fourth-order valence-electron chi connectivity index (χ4n) is 4.48. The average molecular weight is 647 g/mol. The molecule has 0 amide bonds. The third-order valence-corrected chi connectivity index (χ3v) is 7.19. The van der Waals surface area contributed by atoms with Crippen LogP contribution >= 0.6 is 0 Å². The number of nitrogens with zero attached hydrogens (tertiary/aromatic N) is 2. The molecule has 0 heterocycles. The molecule has 0 saturated heterocycles. The maximum Gasteiger partial charge on any atom is 2.00 e. The van der Waals surface area contributed by atoms with Crippen LogP contribution in [0.3, 0.4) is 0 Å². The Kier molecular flexibility index (Phi) is 12.0. The Labute approximate surface area is 274 Å². The maximum atomic E-state index is 11.2. The largest absolute Gasteiger partial charge is 2.00 e. The molecule has 5 heteroatoms. The molecule has 0 aliphatic carbocycles. The van der Waals surface area contributed by atoms with Gasteiger partial charge in [-0.25, -0.2) is 0 Å². The standard InChI is InChI=1S/C36H48N2O2.CH3.Zr/c1-33(2,3)25-17-23(31(39)27(19-25)35(7,8)9)21-37-29-15-13-14-16-30(29)38-22-24-18-26(34(4,5)6)20-28(32(24)40)36(10,11)12;;/h13-22,39-40H,1-12H3;1H3;/q;-1;+2. The summed E-state index contributed by atoms with van der Waals surface area (Å²) < 4.78 is 0. The van der Waals surface area contributed by atoms with Crippen LogP contribution in [0.25, 0.3) is 0 Å². The van der Waals surface area contributed by atoms with Gasteiger partial charge in [-0.05, 0) is 57.1 Å². The minimum Gasteiger partial charge on any atom is -0.507 e. The summed E-state index contributed by atoms with van der Waals surface area (Å²) in [6, 6.07) is 15.9. The zero-order valence-electron chi connectivity index (χ0n) is 28.1. The number of aromatic hydroxyl groups is 2. The summed E-state index contributed by atoms with van der Waals surface area (Å²) >= 11 is 0. The molecule has 0 bridgehead atoms. The first-order chi connectivity index (χ1) is 18.2. The van der Waals surface area contributed by atoms with Crippen molar-refractivity contribution in [3.8, 4) is 11.5 Å². The van der Waals surface area contributed by atoms with Crippen molar-refractivity contribution in [2.45, 2.75) is 105 Å². The molecule has 3 aromatic rings. The number of rotatable bonds is 4. The summed E-state index contributed by atoms with van der Waals surface area (Å²) in [5, 5.41) is 22.4. The van der Waals surface area contributed by atoms with E-state index >= 15 is 0 Å². The van der Waals surface area contributed by atoms with Gasteiger partial charge in [-0.15, -0.1) is 0 Å². The van der Waals surface area contributed by atoms with E-state index in [1.807, 2.05) is 36.4 Å². The van der Waals surface area contributed by atoms with Crippen molar-refractivity contribution >= 4 is 23.8 Å². The number of aliphatic imine (C=N–C) groups is 2. The van der Waals surface area contributed by atoms with Crippen LogP contribution in [0.5, 0.6) is 11.5 Å². The van der Waals surface area contributed by atoms with Gasteiger partial charge in [0, 0.05) is 34.7 Å². The second-order valence-corrected chi connectivity index (χ2v) is 14.9. The van der Waals surface area contributed by atoms with E-state index in [4.69, 9.17) is 9.98 Å². The van der Waals surface area contributed by atoms with Crippen LogP contribution in [0.1, 0.15) is 116 Å². The Morgan fingerprint density at radius 3 is 1.10 bits per heavy atom. The summed E-state index contributed by atoms with van der Waals surface area (Å²) in [5.41, 5.74) is 6.23. The maximum absolute atomic E-state index is 11.2. The molecule has 0 atom stereocenters. The van der Waals surface area contributed by atoms with Gasteiger partial charge in [0.15, 0.2) is 0 Å². The smallest absolute Gasteiger partial charge is 0.507 e. The van der Waals surface area contributed by atoms with Crippen LogP contribution in [0.15, 0.2) is 58.5 Å². The van der Waals surface area contributed by atoms with Crippen molar-refractivity contribution in [3.05, 3.63) is 89.3 Å². The van der Waals surface area contributed by atoms with Crippen molar-refractivity contribution in [1.82, 2.24) is 0 Å². The van der Waals surface area contributed by atoms with E-state index in [-0.39, 0.29) is 66.8 Å². The molecule has 0 unspecified atom stereocenters. The van der Waals surface area contributed by atoms with Gasteiger partial charge in [0.05, 0.1) is 11.4 Å². The van der Waals surface area contributed by atoms with E-state index in [9.17, 15) is 10.2 Å². The SMILES string of the molecule is CC(C)(C)c1cc(C=Nc2ccccc2N=Cc2cc(C(C)(C)C)cc(C(C)(C)C)c2O)c(O)c(C(C)(C)C)c1.[CH3-].[Zr+2]. The number of hydrogen-bond donors (Lipinski definition) is 2. The molecule has 2 N–H and O–H groups in total. The van der Waals surface area contributed by atoms with Gasteiger partial charge in [-0.3, -0.25) is 9.98 Å². The first kappa shape index (κ1) is 37.5. The molecule has 42 heavy (non-hydrogen) atoms. The first-order valence-electron chi connectivity index (χ1n) is 14.1. The van der Waals surface area contributed by atoms with Gasteiger partial charge in [0.25, 0.3) is 0 Å². The van der Waals surface area contributed by atoms with Gasteiger partial charge < -0.3 is 17.6 Å². The average Bonchev–Trinajstić information content (AvgIpc) is 2.80. The zero-order valence-corrected chi connectivity index (χ0v) is 30.5. The van der Waals surface area contributed by atoms with Crippen molar-refractivity contribution in [2.24, 2.45) is 9.98 Å². The number of hydrogen-bond acceptors (Lipinski definition) is 4. The predicted octanol–water partition coefficient (Wildman–Crippen LogP) is 10.2. The Morgan fingerprint density at radius 2 is 0.833 bits per heavy atom. The number of benzene rings is 3. The van der Waals surface area contributed by atoms with Gasteiger partial charge in [-0.1, -0.05) is 107 Å². The second-order valence-electron chi connectivity index (χ2n) is 14.9. The molecular weight excluding hydrogens is 596 g/mol. The molecule has 4 nitrogen and oxygen atoms in total. The van der Waals surface area contributed by atoms with Crippen LogP contribution in [-0.4, -0.2) is 22.6 Å². The van der Waals surface area contributed by atoms with E-state index < -0.39 is 0 Å².